The van der Waals surface area contributed by atoms with Gasteiger partial charge in [0.25, 0.3) is 0 Å². The van der Waals surface area contributed by atoms with E-state index in [1.54, 1.807) is 12.1 Å². The van der Waals surface area contributed by atoms with Crippen molar-refractivity contribution >= 4 is 39.9 Å². The summed E-state index contributed by atoms with van der Waals surface area (Å²) in [5.41, 5.74) is 1.03. The van der Waals surface area contributed by atoms with Crippen molar-refractivity contribution in [1.29, 1.82) is 0 Å². The van der Waals surface area contributed by atoms with E-state index in [-0.39, 0.29) is 11.6 Å². The van der Waals surface area contributed by atoms with E-state index >= 15 is 0 Å². The van der Waals surface area contributed by atoms with Crippen LogP contribution in [0.25, 0.3) is 11.0 Å². The van der Waals surface area contributed by atoms with E-state index in [1.165, 1.54) is 0 Å². The molecule has 1 amide bonds. The Bertz CT molecular complexity index is 1170. The van der Waals surface area contributed by atoms with Crippen molar-refractivity contribution in [3.63, 3.8) is 0 Å². The minimum Gasteiger partial charge on any atom is -0.378 e. The first kappa shape index (κ1) is 21.0. The zero-order valence-corrected chi connectivity index (χ0v) is 17.4. The Morgan fingerprint density at radius 2 is 1.91 bits per heavy atom. The number of nitrogens with one attached hydrogen (secondary N) is 1. The summed E-state index contributed by atoms with van der Waals surface area (Å²) in [7, 11) is 0. The normalized spacial score (nSPS) is 17.2. The van der Waals surface area contributed by atoms with Crippen LogP contribution in [0.4, 0.5) is 24.5 Å². The maximum Gasteiger partial charge on any atom is 0.436 e. The van der Waals surface area contributed by atoms with Crippen molar-refractivity contribution in [3.8, 4) is 0 Å². The Balaban J connectivity index is 1.39. The summed E-state index contributed by atoms with van der Waals surface area (Å²) in [4.78, 5) is 14.8. The fraction of sp³-hybridized carbons (Fsp3) is 0.474. The molecule has 1 aromatic carbocycles. The molecule has 1 aliphatic carbocycles. The lowest BCUT2D eigenvalue weighted by Gasteiger charge is -2.28. The molecule has 0 bridgehead atoms. The van der Waals surface area contributed by atoms with Crippen LogP contribution in [-0.2, 0) is 22.3 Å². The zero-order valence-electron chi connectivity index (χ0n) is 16.7. The van der Waals surface area contributed by atoms with Gasteiger partial charge in [0.1, 0.15) is 6.54 Å². The highest BCUT2D eigenvalue weighted by Crippen LogP contribution is 2.46. The highest BCUT2D eigenvalue weighted by Gasteiger charge is 2.42. The number of amides is 1. The van der Waals surface area contributed by atoms with Crippen molar-refractivity contribution in [2.45, 2.75) is 31.5 Å². The maximum atomic E-state index is 13.2. The monoisotopic (exact) mass is 470 g/mol. The van der Waals surface area contributed by atoms with E-state index in [1.807, 2.05) is 0 Å². The van der Waals surface area contributed by atoms with Gasteiger partial charge < -0.3 is 15.0 Å². The van der Waals surface area contributed by atoms with Crippen molar-refractivity contribution in [3.05, 3.63) is 28.5 Å². The third kappa shape index (κ3) is 3.88. The van der Waals surface area contributed by atoms with Crippen molar-refractivity contribution < 1.29 is 27.3 Å². The molecule has 5 rings (SSSR count). The predicted octanol–water partition coefficient (Wildman–Crippen LogP) is 3.44. The topological polar surface area (TPSA) is 98.3 Å². The maximum absolute atomic E-state index is 13.2. The van der Waals surface area contributed by atoms with Gasteiger partial charge in [-0.2, -0.15) is 18.3 Å². The van der Waals surface area contributed by atoms with Crippen LogP contribution in [0.15, 0.2) is 16.8 Å². The van der Waals surface area contributed by atoms with Crippen molar-refractivity contribution in [2.24, 2.45) is 0 Å². The van der Waals surface area contributed by atoms with E-state index in [4.69, 9.17) is 21.0 Å². The number of nitrogens with zero attached hydrogens (tertiary/aromatic N) is 5. The van der Waals surface area contributed by atoms with E-state index in [9.17, 15) is 18.0 Å². The van der Waals surface area contributed by atoms with Crippen LogP contribution in [-0.4, -0.2) is 52.3 Å². The lowest BCUT2D eigenvalue weighted by Crippen LogP contribution is -2.36. The molecule has 9 nitrogen and oxygen atoms in total. The van der Waals surface area contributed by atoms with Crippen LogP contribution in [0.3, 0.4) is 0 Å². The van der Waals surface area contributed by atoms with Gasteiger partial charge in [-0.1, -0.05) is 11.6 Å². The third-order valence-electron chi connectivity index (χ3n) is 5.48. The molecule has 0 radical (unpaired) electrons. The quantitative estimate of drug-likeness (QED) is 0.610. The molecule has 3 heterocycles. The summed E-state index contributed by atoms with van der Waals surface area (Å²) < 4.78 is 51.0. The first-order chi connectivity index (χ1) is 15.3. The number of alkyl halides is 3. The van der Waals surface area contributed by atoms with Gasteiger partial charge in [0.15, 0.2) is 16.7 Å². The minimum absolute atomic E-state index is 0.127. The number of ether oxygens (including phenoxy) is 1. The van der Waals surface area contributed by atoms with Gasteiger partial charge in [0.05, 0.1) is 35.3 Å². The highest BCUT2D eigenvalue weighted by molar-refractivity contribution is 6.32. The number of halogens is 4. The van der Waals surface area contributed by atoms with E-state index in [0.29, 0.717) is 55.9 Å². The minimum atomic E-state index is -4.70. The summed E-state index contributed by atoms with van der Waals surface area (Å²) in [5.74, 6) is -0.693. The number of carbonyl (C=O) groups excluding carboxylic acids is 1. The second kappa shape index (κ2) is 7.93. The molecular formula is C19H18ClF3N6O3. The van der Waals surface area contributed by atoms with Gasteiger partial charge >= 0.3 is 6.18 Å². The Morgan fingerprint density at radius 1 is 1.19 bits per heavy atom. The Labute approximate surface area is 184 Å². The first-order valence-corrected chi connectivity index (χ1v) is 10.4. The average Bonchev–Trinajstić information content (AvgIpc) is 3.35. The third-order valence-corrected chi connectivity index (χ3v) is 5.85. The Morgan fingerprint density at radius 3 is 2.59 bits per heavy atom. The van der Waals surface area contributed by atoms with E-state index < -0.39 is 29.3 Å². The van der Waals surface area contributed by atoms with E-state index in [0.717, 1.165) is 10.4 Å². The van der Waals surface area contributed by atoms with Gasteiger partial charge in [-0.05, 0) is 35.3 Å². The smallest absolute Gasteiger partial charge is 0.378 e. The number of anilines is 2. The lowest BCUT2D eigenvalue weighted by molar-refractivity contribution is -0.141. The molecule has 0 unspecified atom stereocenters. The molecule has 13 heteroatoms. The molecule has 32 heavy (non-hydrogen) atoms. The molecule has 2 aromatic heterocycles. The summed E-state index contributed by atoms with van der Waals surface area (Å²) in [6.45, 7) is 2.11. The van der Waals surface area contributed by atoms with E-state index in [2.05, 4.69) is 25.6 Å². The molecule has 1 saturated carbocycles. The fourth-order valence-electron chi connectivity index (χ4n) is 3.84. The number of hydrogen-bond acceptors (Lipinski definition) is 7. The van der Waals surface area contributed by atoms with Crippen LogP contribution >= 0.6 is 11.6 Å². The van der Waals surface area contributed by atoms with Gasteiger partial charge in [-0.25, -0.2) is 4.63 Å². The Hall–Kier alpha value is -2.86. The summed E-state index contributed by atoms with van der Waals surface area (Å²) >= 11 is 5.97. The standard InChI is InChI=1S/C19H18ClF3N6O3/c20-14-17(10-1-2-10)29(25-18(14)19(21,22)23)9-13(30)24-11-3-4-12(16-15(11)26-32-27-16)28-5-7-31-8-6-28/h3-4,10H,1-2,5-9H2,(H,24,30). The number of morpholine rings is 1. The number of carbonyl (C=O) groups is 1. The number of benzene rings is 1. The van der Waals surface area contributed by atoms with Gasteiger partial charge in [-0.15, -0.1) is 0 Å². The first-order valence-electron chi connectivity index (χ1n) is 10.0. The van der Waals surface area contributed by atoms with Crippen LogP contribution in [0, 0.1) is 0 Å². The summed E-state index contributed by atoms with van der Waals surface area (Å²) in [5, 5.41) is 13.7. The zero-order chi connectivity index (χ0) is 22.5. The van der Waals surface area contributed by atoms with Crippen LogP contribution in [0.2, 0.25) is 5.02 Å². The SMILES string of the molecule is O=C(Cn1nc(C(F)(F)F)c(Cl)c1C1CC1)Nc1ccc(N2CCOCC2)c2nonc12. The molecule has 2 aliphatic rings. The molecule has 170 valence electrons. The van der Waals surface area contributed by atoms with Crippen molar-refractivity contribution in [2.75, 3.05) is 36.5 Å². The summed E-state index contributed by atoms with van der Waals surface area (Å²) in [6, 6.07) is 3.45. The number of hydrogen-bond donors (Lipinski definition) is 1. The number of rotatable bonds is 5. The van der Waals surface area contributed by atoms with Crippen LogP contribution < -0.4 is 10.2 Å². The molecule has 1 saturated heterocycles. The fourth-order valence-corrected chi connectivity index (χ4v) is 4.24. The second-order valence-electron chi connectivity index (χ2n) is 7.72. The number of fused-ring (bicyclic) bond motifs is 1. The van der Waals surface area contributed by atoms with Gasteiger partial charge in [-0.3, -0.25) is 9.48 Å². The molecule has 3 aromatic rings. The van der Waals surface area contributed by atoms with Crippen LogP contribution in [0.1, 0.15) is 30.1 Å². The molecule has 1 N–H and O–H groups in total. The van der Waals surface area contributed by atoms with Crippen LogP contribution in [0.5, 0.6) is 0 Å². The molecule has 2 fully saturated rings. The van der Waals surface area contributed by atoms with Gasteiger partial charge in [0, 0.05) is 19.0 Å². The van der Waals surface area contributed by atoms with Gasteiger partial charge in [0.2, 0.25) is 5.91 Å². The second-order valence-corrected chi connectivity index (χ2v) is 8.10. The predicted molar refractivity (Wildman–Crippen MR) is 108 cm³/mol. The molecule has 1 aliphatic heterocycles. The lowest BCUT2D eigenvalue weighted by atomic mass is 10.2. The summed E-state index contributed by atoms with van der Waals surface area (Å²) in [6.07, 6.45) is -3.28. The Kier molecular flexibility index (Phi) is 5.20. The molecule has 0 spiro atoms. The number of aromatic nitrogens is 4. The molecule has 0 atom stereocenters. The molecular weight excluding hydrogens is 453 g/mol. The highest BCUT2D eigenvalue weighted by atomic mass is 35.5. The largest absolute Gasteiger partial charge is 0.436 e. The average molecular weight is 471 g/mol. The van der Waals surface area contributed by atoms with Crippen molar-refractivity contribution in [1.82, 2.24) is 20.1 Å².